The fourth-order valence-electron chi connectivity index (χ4n) is 8.72. The number of nitrogens with one attached hydrogen (secondary N) is 2. The number of anilines is 2. The van der Waals surface area contributed by atoms with Crippen LogP contribution in [0.4, 0.5) is 16.0 Å². The fraction of sp³-hybridized carbons (Fsp3) is 0.605. The molecule has 11 heteroatoms. The Hall–Kier alpha value is -3.70. The number of methoxy groups -OCH3 is 1. The van der Waals surface area contributed by atoms with E-state index in [-0.39, 0.29) is 17.4 Å². The molecule has 264 valence electrons. The van der Waals surface area contributed by atoms with Crippen LogP contribution >= 0.6 is 0 Å². The van der Waals surface area contributed by atoms with Crippen LogP contribution in [0, 0.1) is 29.0 Å². The van der Waals surface area contributed by atoms with Gasteiger partial charge in [-0.05, 0) is 86.2 Å². The molecule has 10 nitrogen and oxygen atoms in total. The number of fused-ring (bicyclic) bond motifs is 3. The number of hydrogen-bond donors (Lipinski definition) is 2. The number of ether oxygens (including phenoxy) is 1. The topological polar surface area (TPSA) is 90.3 Å². The summed E-state index contributed by atoms with van der Waals surface area (Å²) in [6.07, 6.45) is 2.82. The molecule has 2 aliphatic heterocycles. The third-order valence-corrected chi connectivity index (χ3v) is 12.1. The lowest BCUT2D eigenvalue weighted by molar-refractivity contribution is -0.108. The van der Waals surface area contributed by atoms with Crippen molar-refractivity contribution in [3.63, 3.8) is 0 Å². The predicted octanol–water partition coefficient (Wildman–Crippen LogP) is 4.67. The molecule has 5 aliphatic rings. The summed E-state index contributed by atoms with van der Waals surface area (Å²) < 4.78 is 21.8. The third-order valence-electron chi connectivity index (χ3n) is 12.1. The van der Waals surface area contributed by atoms with Gasteiger partial charge in [0, 0.05) is 70.2 Å². The molecule has 5 fully saturated rings. The molecule has 49 heavy (non-hydrogen) atoms. The van der Waals surface area contributed by atoms with Crippen LogP contribution in [0.15, 0.2) is 46.2 Å². The molecule has 2 N–H and O–H groups in total. The van der Waals surface area contributed by atoms with Gasteiger partial charge in [-0.25, -0.2) is 14.4 Å². The highest BCUT2D eigenvalue weighted by atomic mass is 19.1. The van der Waals surface area contributed by atoms with Crippen LogP contribution in [0.3, 0.4) is 0 Å². The van der Waals surface area contributed by atoms with Gasteiger partial charge in [-0.15, -0.1) is 0 Å². The lowest BCUT2D eigenvalue weighted by Crippen LogP contribution is -2.57. The summed E-state index contributed by atoms with van der Waals surface area (Å²) >= 11 is 0. The Labute approximate surface area is 289 Å². The average molecular weight is 673 g/mol. The van der Waals surface area contributed by atoms with E-state index in [0.29, 0.717) is 64.4 Å². The molecule has 0 spiro atoms. The van der Waals surface area contributed by atoms with Crippen molar-refractivity contribution >= 4 is 28.5 Å². The third kappa shape index (κ3) is 6.64. The van der Waals surface area contributed by atoms with Crippen molar-refractivity contribution in [2.24, 2.45) is 28.2 Å². The number of benzene rings is 2. The largest absolute Gasteiger partial charge is 0.497 e. The average Bonchev–Trinajstić information content (AvgIpc) is 3.08. The standard InChI is InChI=1S/C38H53FN8O2/c1-24-23-46(14-12-40-24)36(42-33-20-27-19-31(25(33)2)38(27,3)4)41-28-8-10-30-34(21-28)43-37(45-17-15-44(5)16-18-45)47(35(30)48)13-11-26-7-9-29(49-6)22-32(26)39/h7-10,21-22,24-25,27,31,33,40H,11-20,23H2,1-6H3,(H,41,42)/t24-,25-,27+,31-,33?/m0/s1. The molecule has 3 aliphatic carbocycles. The summed E-state index contributed by atoms with van der Waals surface area (Å²) in [4.78, 5) is 31.6. The molecular formula is C38H53FN8O2. The lowest BCUT2D eigenvalue weighted by atomic mass is 9.45. The highest BCUT2D eigenvalue weighted by Gasteiger charge is 2.56. The van der Waals surface area contributed by atoms with Crippen molar-refractivity contribution < 1.29 is 9.13 Å². The summed E-state index contributed by atoms with van der Waals surface area (Å²) in [5, 5.41) is 7.83. The summed E-state index contributed by atoms with van der Waals surface area (Å²) in [6.45, 7) is 15.8. The van der Waals surface area contributed by atoms with Crippen molar-refractivity contribution in [3.8, 4) is 5.75 Å². The quantitative estimate of drug-likeness (QED) is 0.277. The molecule has 3 heterocycles. The Morgan fingerprint density at radius 1 is 1.10 bits per heavy atom. The van der Waals surface area contributed by atoms with Crippen molar-refractivity contribution in [1.82, 2.24) is 24.7 Å². The van der Waals surface area contributed by atoms with E-state index in [1.54, 1.807) is 16.7 Å². The molecule has 1 unspecified atom stereocenters. The Bertz CT molecular complexity index is 1770. The first kappa shape index (κ1) is 33.8. The number of piperazine rings is 2. The van der Waals surface area contributed by atoms with Crippen molar-refractivity contribution in [1.29, 1.82) is 0 Å². The van der Waals surface area contributed by atoms with Crippen molar-refractivity contribution in [2.45, 2.75) is 65.6 Å². The molecular weight excluding hydrogens is 619 g/mol. The molecule has 2 bridgehead atoms. The van der Waals surface area contributed by atoms with Gasteiger partial charge in [0.2, 0.25) is 5.95 Å². The van der Waals surface area contributed by atoms with Crippen LogP contribution in [0.5, 0.6) is 5.75 Å². The minimum atomic E-state index is -0.335. The van der Waals surface area contributed by atoms with Gasteiger partial charge in [0.15, 0.2) is 5.96 Å². The van der Waals surface area contributed by atoms with E-state index in [4.69, 9.17) is 14.7 Å². The van der Waals surface area contributed by atoms with E-state index >= 15 is 0 Å². The number of halogens is 1. The Balaban J connectivity index is 1.21. The van der Waals surface area contributed by atoms with E-state index in [1.165, 1.54) is 19.6 Å². The minimum absolute atomic E-state index is 0.109. The molecule has 1 aromatic heterocycles. The number of aryl methyl sites for hydroxylation is 1. The van der Waals surface area contributed by atoms with Crippen LogP contribution in [0.25, 0.3) is 10.9 Å². The van der Waals surface area contributed by atoms with Crippen LogP contribution in [0.2, 0.25) is 0 Å². The van der Waals surface area contributed by atoms with Gasteiger partial charge >= 0.3 is 0 Å². The SMILES string of the molecule is COc1ccc(CCn2c(N3CCN(C)CC3)nc3cc(NC(=NC4C[C@H]5C[C@@H]([C@@H]4C)C5(C)C)N4CCN[C@@H](C)C4)ccc3c2=O)c(F)c1. The second-order valence-corrected chi connectivity index (χ2v) is 15.5. The minimum Gasteiger partial charge on any atom is -0.497 e. The molecule has 0 amide bonds. The first-order valence-electron chi connectivity index (χ1n) is 18.2. The smallest absolute Gasteiger partial charge is 0.262 e. The summed E-state index contributed by atoms with van der Waals surface area (Å²) in [7, 11) is 3.63. The van der Waals surface area contributed by atoms with Crippen molar-refractivity contribution in [3.05, 3.63) is 58.1 Å². The molecule has 0 radical (unpaired) electrons. The number of likely N-dealkylation sites (N-methyl/N-ethyl adjacent to an activating group) is 1. The van der Waals surface area contributed by atoms with Gasteiger partial charge in [0.05, 0.1) is 24.1 Å². The van der Waals surface area contributed by atoms with Gasteiger partial charge in [0.1, 0.15) is 11.6 Å². The van der Waals surface area contributed by atoms with E-state index in [1.807, 2.05) is 18.2 Å². The predicted molar refractivity (Wildman–Crippen MR) is 195 cm³/mol. The van der Waals surface area contributed by atoms with Crippen LogP contribution in [-0.4, -0.2) is 97.4 Å². The van der Waals surface area contributed by atoms with Gasteiger partial charge < -0.3 is 30.1 Å². The molecule has 5 atom stereocenters. The summed E-state index contributed by atoms with van der Waals surface area (Å²) in [6, 6.07) is 11.4. The van der Waals surface area contributed by atoms with Gasteiger partial charge in [-0.2, -0.15) is 0 Å². The maximum absolute atomic E-state index is 14.9. The van der Waals surface area contributed by atoms with E-state index in [2.05, 4.69) is 60.1 Å². The first-order valence-corrected chi connectivity index (χ1v) is 18.2. The molecule has 3 aromatic rings. The summed E-state index contributed by atoms with van der Waals surface area (Å²) in [5.41, 5.74) is 2.36. The van der Waals surface area contributed by atoms with Crippen molar-refractivity contribution in [2.75, 3.05) is 70.2 Å². The van der Waals surface area contributed by atoms with Gasteiger partial charge in [-0.1, -0.05) is 26.8 Å². The highest BCUT2D eigenvalue weighted by molar-refractivity contribution is 5.96. The molecule has 2 aromatic carbocycles. The molecule has 3 saturated carbocycles. The summed E-state index contributed by atoms with van der Waals surface area (Å²) in [5.74, 6) is 3.67. The maximum Gasteiger partial charge on any atom is 0.262 e. The van der Waals surface area contributed by atoms with Crippen LogP contribution < -0.4 is 25.8 Å². The second kappa shape index (κ2) is 13.5. The van der Waals surface area contributed by atoms with Gasteiger partial charge in [-0.3, -0.25) is 9.36 Å². The Morgan fingerprint density at radius 2 is 1.90 bits per heavy atom. The Morgan fingerprint density at radius 3 is 2.59 bits per heavy atom. The zero-order valence-corrected chi connectivity index (χ0v) is 30.0. The lowest BCUT2D eigenvalue weighted by Gasteiger charge is -2.61. The van der Waals surface area contributed by atoms with E-state index < -0.39 is 0 Å². The number of aliphatic imine (C=N–C) groups is 1. The number of rotatable bonds is 7. The molecule has 2 saturated heterocycles. The number of guanidine groups is 1. The first-order chi connectivity index (χ1) is 23.5. The van der Waals surface area contributed by atoms with Crippen LogP contribution in [0.1, 0.15) is 46.1 Å². The number of hydrogen-bond acceptors (Lipinski definition) is 7. The van der Waals surface area contributed by atoms with Crippen LogP contribution in [-0.2, 0) is 13.0 Å². The zero-order valence-electron chi connectivity index (χ0n) is 30.0. The number of aromatic nitrogens is 2. The monoisotopic (exact) mass is 672 g/mol. The second-order valence-electron chi connectivity index (χ2n) is 15.5. The fourth-order valence-corrected chi connectivity index (χ4v) is 8.72. The number of nitrogens with zero attached hydrogens (tertiary/aromatic N) is 6. The van der Waals surface area contributed by atoms with E-state index in [9.17, 15) is 9.18 Å². The molecule has 8 rings (SSSR count). The maximum atomic E-state index is 14.9. The highest BCUT2D eigenvalue weighted by Crippen LogP contribution is 2.61. The van der Waals surface area contributed by atoms with Gasteiger partial charge in [0.25, 0.3) is 5.56 Å². The normalized spacial score (nSPS) is 27.2. The van der Waals surface area contributed by atoms with E-state index in [0.717, 1.165) is 69.8 Å². The zero-order chi connectivity index (χ0) is 34.4. The Kier molecular flexibility index (Phi) is 9.34.